The molecule has 90 valence electrons. The van der Waals surface area contributed by atoms with Crippen molar-refractivity contribution in [1.82, 2.24) is 0 Å². The summed E-state index contributed by atoms with van der Waals surface area (Å²) in [5.41, 5.74) is 1.48. The van der Waals surface area contributed by atoms with E-state index in [0.29, 0.717) is 12.5 Å². The second-order valence-electron chi connectivity index (χ2n) is 4.41. The highest BCUT2D eigenvalue weighted by Crippen LogP contribution is 2.19. The van der Waals surface area contributed by atoms with E-state index in [1.165, 1.54) is 37.7 Å². The average Bonchev–Trinajstić information content (AvgIpc) is 2.25. The number of hydrogen-bond acceptors (Lipinski definition) is 1. The van der Waals surface area contributed by atoms with Gasteiger partial charge in [0.2, 0.25) is 0 Å². The Morgan fingerprint density at radius 1 is 1.20 bits per heavy atom. The van der Waals surface area contributed by atoms with Crippen LogP contribution >= 0.6 is 0 Å². The molecule has 0 amide bonds. The molecule has 0 heterocycles. The zero-order valence-corrected chi connectivity index (χ0v) is 10.8. The van der Waals surface area contributed by atoms with Gasteiger partial charge < -0.3 is 5.11 Å². The van der Waals surface area contributed by atoms with Gasteiger partial charge in [0.15, 0.2) is 0 Å². The van der Waals surface area contributed by atoms with Crippen LogP contribution in [0, 0.1) is 5.92 Å². The normalized spacial score (nSPS) is 14.3. The van der Waals surface area contributed by atoms with Crippen LogP contribution < -0.4 is 0 Å². The number of aliphatic hydroxyl groups is 1. The smallest absolute Gasteiger partial charge is 0.0436 e. The summed E-state index contributed by atoms with van der Waals surface area (Å²) in [5, 5.41) is 8.93. The molecule has 0 saturated heterocycles. The topological polar surface area (TPSA) is 20.2 Å². The Labute approximate surface area is 95.6 Å². The lowest BCUT2D eigenvalue weighted by molar-refractivity contribution is 0.265. The van der Waals surface area contributed by atoms with Gasteiger partial charge in [-0.15, -0.1) is 0 Å². The molecule has 1 unspecified atom stereocenters. The first-order valence-electron chi connectivity index (χ1n) is 6.53. The standard InChI is InChI=1S/C14H28O/c1-4-6-7-8-9-10-13(3)14(5-2)11-12-15/h10,14-15H,4-9,11-12H2,1-3H3/b13-10+. The molecule has 15 heavy (non-hydrogen) atoms. The lowest BCUT2D eigenvalue weighted by atomic mass is 9.93. The molecule has 0 aromatic rings. The first-order valence-corrected chi connectivity index (χ1v) is 6.53. The molecule has 0 bridgehead atoms. The fraction of sp³-hybridized carbons (Fsp3) is 0.857. The molecule has 0 rings (SSSR count). The van der Waals surface area contributed by atoms with Crippen molar-refractivity contribution in [2.45, 2.75) is 65.7 Å². The highest BCUT2D eigenvalue weighted by Gasteiger charge is 2.06. The Morgan fingerprint density at radius 3 is 2.47 bits per heavy atom. The monoisotopic (exact) mass is 212 g/mol. The van der Waals surface area contributed by atoms with E-state index in [4.69, 9.17) is 5.11 Å². The van der Waals surface area contributed by atoms with Gasteiger partial charge in [0, 0.05) is 6.61 Å². The van der Waals surface area contributed by atoms with Gasteiger partial charge in [-0.2, -0.15) is 0 Å². The van der Waals surface area contributed by atoms with Crippen LogP contribution in [-0.4, -0.2) is 11.7 Å². The Bertz CT molecular complexity index is 161. The van der Waals surface area contributed by atoms with Gasteiger partial charge in [-0.1, -0.05) is 44.8 Å². The Morgan fingerprint density at radius 2 is 1.93 bits per heavy atom. The third-order valence-electron chi connectivity index (χ3n) is 3.14. The van der Waals surface area contributed by atoms with Gasteiger partial charge in [0.25, 0.3) is 0 Å². The zero-order valence-electron chi connectivity index (χ0n) is 10.8. The van der Waals surface area contributed by atoms with E-state index in [2.05, 4.69) is 26.8 Å². The summed E-state index contributed by atoms with van der Waals surface area (Å²) in [7, 11) is 0. The van der Waals surface area contributed by atoms with E-state index in [0.717, 1.165) is 12.8 Å². The van der Waals surface area contributed by atoms with Crippen molar-refractivity contribution in [2.75, 3.05) is 6.61 Å². The van der Waals surface area contributed by atoms with Crippen molar-refractivity contribution >= 4 is 0 Å². The summed E-state index contributed by atoms with van der Waals surface area (Å²) in [6, 6.07) is 0. The van der Waals surface area contributed by atoms with Gasteiger partial charge in [-0.3, -0.25) is 0 Å². The minimum atomic E-state index is 0.319. The van der Waals surface area contributed by atoms with Crippen LogP contribution in [0.15, 0.2) is 11.6 Å². The first kappa shape index (κ1) is 14.7. The summed E-state index contributed by atoms with van der Waals surface area (Å²) < 4.78 is 0. The Hall–Kier alpha value is -0.300. The van der Waals surface area contributed by atoms with Gasteiger partial charge in [-0.25, -0.2) is 0 Å². The molecule has 0 aromatic carbocycles. The number of allylic oxidation sites excluding steroid dienone is 2. The molecule has 1 nitrogen and oxygen atoms in total. The number of rotatable bonds is 9. The average molecular weight is 212 g/mol. The second kappa shape index (κ2) is 10.2. The molecule has 0 aliphatic heterocycles. The van der Waals surface area contributed by atoms with Crippen LogP contribution in [0.2, 0.25) is 0 Å². The maximum Gasteiger partial charge on any atom is 0.0436 e. The fourth-order valence-corrected chi connectivity index (χ4v) is 1.98. The number of hydrogen-bond donors (Lipinski definition) is 1. The summed E-state index contributed by atoms with van der Waals surface area (Å²) in [6.07, 6.45) is 11.0. The third kappa shape index (κ3) is 7.61. The molecule has 0 aliphatic carbocycles. The lowest BCUT2D eigenvalue weighted by Crippen LogP contribution is -2.03. The first-order chi connectivity index (χ1) is 7.26. The van der Waals surface area contributed by atoms with Gasteiger partial charge in [0.1, 0.15) is 0 Å². The van der Waals surface area contributed by atoms with E-state index >= 15 is 0 Å². The number of aliphatic hydroxyl groups excluding tert-OH is 1. The Kier molecular flexibility index (Phi) is 10.0. The molecule has 0 spiro atoms. The molecule has 0 aliphatic rings. The molecule has 1 heteroatoms. The van der Waals surface area contributed by atoms with Gasteiger partial charge in [-0.05, 0) is 38.5 Å². The molecular formula is C14H28O. The lowest BCUT2D eigenvalue weighted by Gasteiger charge is -2.14. The van der Waals surface area contributed by atoms with E-state index in [1.807, 2.05) is 0 Å². The third-order valence-corrected chi connectivity index (χ3v) is 3.14. The minimum Gasteiger partial charge on any atom is -0.396 e. The highest BCUT2D eigenvalue weighted by atomic mass is 16.3. The van der Waals surface area contributed by atoms with E-state index in [1.54, 1.807) is 0 Å². The molecule has 0 fully saturated rings. The van der Waals surface area contributed by atoms with Crippen LogP contribution in [0.4, 0.5) is 0 Å². The molecule has 1 atom stereocenters. The van der Waals surface area contributed by atoms with Crippen molar-refractivity contribution in [3.8, 4) is 0 Å². The predicted octanol–water partition coefficient (Wildman–Crippen LogP) is 4.31. The van der Waals surface area contributed by atoms with Crippen LogP contribution in [-0.2, 0) is 0 Å². The maximum absolute atomic E-state index is 8.93. The van der Waals surface area contributed by atoms with Crippen LogP contribution in [0.5, 0.6) is 0 Å². The molecular weight excluding hydrogens is 184 g/mol. The SMILES string of the molecule is CCCCCC/C=C(\C)C(CC)CCO. The van der Waals surface area contributed by atoms with E-state index in [9.17, 15) is 0 Å². The van der Waals surface area contributed by atoms with Crippen LogP contribution in [0.1, 0.15) is 65.7 Å². The molecule has 1 N–H and O–H groups in total. The van der Waals surface area contributed by atoms with Crippen molar-refractivity contribution < 1.29 is 5.11 Å². The molecule has 0 saturated carbocycles. The minimum absolute atomic E-state index is 0.319. The quantitative estimate of drug-likeness (QED) is 0.446. The maximum atomic E-state index is 8.93. The predicted molar refractivity (Wildman–Crippen MR) is 68.0 cm³/mol. The van der Waals surface area contributed by atoms with Crippen LogP contribution in [0.3, 0.4) is 0 Å². The highest BCUT2D eigenvalue weighted by molar-refractivity contribution is 5.02. The summed E-state index contributed by atoms with van der Waals surface area (Å²) in [6.45, 7) is 6.98. The number of unbranched alkanes of at least 4 members (excludes halogenated alkanes) is 4. The van der Waals surface area contributed by atoms with Crippen molar-refractivity contribution in [1.29, 1.82) is 0 Å². The molecule has 0 aromatic heterocycles. The Balaban J connectivity index is 3.73. The van der Waals surface area contributed by atoms with E-state index < -0.39 is 0 Å². The van der Waals surface area contributed by atoms with Crippen molar-refractivity contribution in [3.05, 3.63) is 11.6 Å². The fourth-order valence-electron chi connectivity index (χ4n) is 1.98. The second-order valence-corrected chi connectivity index (χ2v) is 4.41. The largest absolute Gasteiger partial charge is 0.396 e. The van der Waals surface area contributed by atoms with Gasteiger partial charge in [0.05, 0.1) is 0 Å². The summed E-state index contributed by atoms with van der Waals surface area (Å²) in [5.74, 6) is 0.598. The molecule has 0 radical (unpaired) electrons. The van der Waals surface area contributed by atoms with E-state index in [-0.39, 0.29) is 0 Å². The van der Waals surface area contributed by atoms with Crippen molar-refractivity contribution in [3.63, 3.8) is 0 Å². The van der Waals surface area contributed by atoms with Crippen molar-refractivity contribution in [2.24, 2.45) is 5.92 Å². The zero-order chi connectivity index (χ0) is 11.5. The summed E-state index contributed by atoms with van der Waals surface area (Å²) in [4.78, 5) is 0. The van der Waals surface area contributed by atoms with Crippen LogP contribution in [0.25, 0.3) is 0 Å². The summed E-state index contributed by atoms with van der Waals surface area (Å²) >= 11 is 0. The van der Waals surface area contributed by atoms with Gasteiger partial charge >= 0.3 is 0 Å².